The van der Waals surface area contributed by atoms with Gasteiger partial charge >= 0.3 is 0 Å². The highest BCUT2D eigenvalue weighted by Crippen LogP contribution is 2.32. The van der Waals surface area contributed by atoms with Gasteiger partial charge < -0.3 is 9.72 Å². The summed E-state index contributed by atoms with van der Waals surface area (Å²) in [5.74, 6) is 0.826. The molecule has 1 aromatic heterocycles. The molecule has 13 heavy (non-hydrogen) atoms. The number of halogens is 1. The van der Waals surface area contributed by atoms with Crippen molar-refractivity contribution in [3.05, 3.63) is 28.9 Å². The molecule has 1 aromatic carbocycles. The number of rotatable bonds is 1. The van der Waals surface area contributed by atoms with Gasteiger partial charge in [-0.2, -0.15) is 0 Å². The predicted octanol–water partition coefficient (Wildman–Crippen LogP) is 3.14. The number of aromatic nitrogens is 1. The van der Waals surface area contributed by atoms with E-state index in [1.807, 2.05) is 25.3 Å². The SMILES string of the molecule is COc1ccc(Cl)c2c(C)c[nH]c12. The Bertz CT molecular complexity index is 447. The summed E-state index contributed by atoms with van der Waals surface area (Å²) in [6.07, 6.45) is 1.93. The Kier molecular flexibility index (Phi) is 1.93. The molecule has 0 atom stereocenters. The molecule has 0 aliphatic rings. The number of hydrogen-bond acceptors (Lipinski definition) is 1. The van der Waals surface area contributed by atoms with Gasteiger partial charge in [-0.05, 0) is 24.6 Å². The number of H-pyrrole nitrogens is 1. The molecule has 2 rings (SSSR count). The molecule has 0 saturated carbocycles. The minimum atomic E-state index is 0.759. The third-order valence-corrected chi connectivity index (χ3v) is 2.48. The molecule has 0 amide bonds. The molecule has 2 aromatic rings. The Hall–Kier alpha value is -1.15. The lowest BCUT2D eigenvalue weighted by Crippen LogP contribution is -1.84. The van der Waals surface area contributed by atoms with E-state index >= 15 is 0 Å². The number of benzene rings is 1. The fourth-order valence-corrected chi connectivity index (χ4v) is 1.82. The van der Waals surface area contributed by atoms with E-state index in [4.69, 9.17) is 16.3 Å². The van der Waals surface area contributed by atoms with Crippen LogP contribution in [0.1, 0.15) is 5.56 Å². The lowest BCUT2D eigenvalue weighted by molar-refractivity contribution is 0.419. The molecule has 2 nitrogen and oxygen atoms in total. The molecular weight excluding hydrogens is 186 g/mol. The number of hydrogen-bond donors (Lipinski definition) is 1. The zero-order chi connectivity index (χ0) is 9.42. The second-order valence-electron chi connectivity index (χ2n) is 2.97. The third-order valence-electron chi connectivity index (χ3n) is 2.16. The molecule has 0 fully saturated rings. The Balaban J connectivity index is 2.87. The molecule has 0 bridgehead atoms. The maximum atomic E-state index is 6.06. The summed E-state index contributed by atoms with van der Waals surface area (Å²) in [5.41, 5.74) is 2.10. The first-order chi connectivity index (χ1) is 6.24. The Labute approximate surface area is 81.5 Å². The first kappa shape index (κ1) is 8.45. The molecule has 68 valence electrons. The lowest BCUT2D eigenvalue weighted by atomic mass is 10.2. The monoisotopic (exact) mass is 195 g/mol. The van der Waals surface area contributed by atoms with Gasteiger partial charge in [-0.3, -0.25) is 0 Å². The van der Waals surface area contributed by atoms with Crippen LogP contribution in [0, 0.1) is 6.92 Å². The van der Waals surface area contributed by atoms with Crippen molar-refractivity contribution in [3.8, 4) is 5.75 Å². The number of aryl methyl sites for hydroxylation is 1. The molecule has 0 unspecified atom stereocenters. The van der Waals surface area contributed by atoms with E-state index < -0.39 is 0 Å². The zero-order valence-electron chi connectivity index (χ0n) is 7.52. The molecule has 0 spiro atoms. The zero-order valence-corrected chi connectivity index (χ0v) is 8.27. The van der Waals surface area contributed by atoms with E-state index in [0.29, 0.717) is 0 Å². The minimum absolute atomic E-state index is 0.759. The van der Waals surface area contributed by atoms with Crippen LogP contribution in [0.15, 0.2) is 18.3 Å². The number of ether oxygens (including phenoxy) is 1. The fourth-order valence-electron chi connectivity index (χ4n) is 1.51. The quantitative estimate of drug-likeness (QED) is 0.743. The number of fused-ring (bicyclic) bond motifs is 1. The molecule has 0 aliphatic heterocycles. The standard InChI is InChI=1S/C10H10ClNO/c1-6-5-12-10-8(13-2)4-3-7(11)9(6)10/h3-5,12H,1-2H3. The average molecular weight is 196 g/mol. The van der Waals surface area contributed by atoms with Gasteiger partial charge in [0, 0.05) is 11.6 Å². The molecule has 1 N–H and O–H groups in total. The molecular formula is C10H10ClNO. The summed E-state index contributed by atoms with van der Waals surface area (Å²) in [7, 11) is 1.65. The average Bonchev–Trinajstić information content (AvgIpc) is 2.50. The Morgan fingerprint density at radius 2 is 2.15 bits per heavy atom. The molecule has 0 saturated heterocycles. The maximum Gasteiger partial charge on any atom is 0.143 e. The molecule has 0 aliphatic carbocycles. The van der Waals surface area contributed by atoms with Crippen LogP contribution in [0.4, 0.5) is 0 Å². The van der Waals surface area contributed by atoms with Crippen molar-refractivity contribution in [3.63, 3.8) is 0 Å². The van der Waals surface area contributed by atoms with Crippen LogP contribution in [0.2, 0.25) is 5.02 Å². The molecule has 3 heteroatoms. The number of aromatic amines is 1. The van der Waals surface area contributed by atoms with Crippen LogP contribution in [0.25, 0.3) is 10.9 Å². The van der Waals surface area contributed by atoms with Crippen LogP contribution in [0.3, 0.4) is 0 Å². The fraction of sp³-hybridized carbons (Fsp3) is 0.200. The van der Waals surface area contributed by atoms with Crippen molar-refractivity contribution < 1.29 is 4.74 Å². The van der Waals surface area contributed by atoms with Crippen LogP contribution in [-0.2, 0) is 0 Å². The second-order valence-corrected chi connectivity index (χ2v) is 3.38. The van der Waals surface area contributed by atoms with Crippen molar-refractivity contribution in [2.75, 3.05) is 7.11 Å². The predicted molar refractivity (Wildman–Crippen MR) is 54.6 cm³/mol. The number of nitrogens with one attached hydrogen (secondary N) is 1. The normalized spacial score (nSPS) is 10.7. The lowest BCUT2D eigenvalue weighted by Gasteiger charge is -2.02. The highest BCUT2D eigenvalue weighted by Gasteiger charge is 2.08. The topological polar surface area (TPSA) is 25.0 Å². The van der Waals surface area contributed by atoms with Gasteiger partial charge in [0.1, 0.15) is 5.75 Å². The van der Waals surface area contributed by atoms with Crippen LogP contribution >= 0.6 is 11.6 Å². The molecule has 1 heterocycles. The Morgan fingerprint density at radius 3 is 2.85 bits per heavy atom. The summed E-state index contributed by atoms with van der Waals surface area (Å²) in [6, 6.07) is 3.71. The van der Waals surface area contributed by atoms with Gasteiger partial charge in [-0.15, -0.1) is 0 Å². The van der Waals surface area contributed by atoms with Gasteiger partial charge in [0.15, 0.2) is 0 Å². The van der Waals surface area contributed by atoms with E-state index in [1.165, 1.54) is 0 Å². The summed E-state index contributed by atoms with van der Waals surface area (Å²) < 4.78 is 5.21. The van der Waals surface area contributed by atoms with Crippen LogP contribution in [0.5, 0.6) is 5.75 Å². The van der Waals surface area contributed by atoms with Crippen molar-refractivity contribution in [1.82, 2.24) is 4.98 Å². The van der Waals surface area contributed by atoms with E-state index in [9.17, 15) is 0 Å². The Morgan fingerprint density at radius 1 is 1.38 bits per heavy atom. The second kappa shape index (κ2) is 2.96. The number of methoxy groups -OCH3 is 1. The maximum absolute atomic E-state index is 6.06. The largest absolute Gasteiger partial charge is 0.495 e. The van der Waals surface area contributed by atoms with Crippen molar-refractivity contribution in [2.45, 2.75) is 6.92 Å². The van der Waals surface area contributed by atoms with Gasteiger partial charge in [0.25, 0.3) is 0 Å². The summed E-state index contributed by atoms with van der Waals surface area (Å²) >= 11 is 6.06. The third kappa shape index (κ3) is 1.18. The van der Waals surface area contributed by atoms with Gasteiger partial charge in [-0.25, -0.2) is 0 Å². The van der Waals surface area contributed by atoms with Gasteiger partial charge in [-0.1, -0.05) is 11.6 Å². The first-order valence-corrected chi connectivity index (χ1v) is 4.42. The summed E-state index contributed by atoms with van der Waals surface area (Å²) in [5, 5.41) is 1.80. The highest BCUT2D eigenvalue weighted by molar-refractivity contribution is 6.36. The molecule has 0 radical (unpaired) electrons. The van der Waals surface area contributed by atoms with E-state index in [2.05, 4.69) is 4.98 Å². The smallest absolute Gasteiger partial charge is 0.143 e. The van der Waals surface area contributed by atoms with E-state index in [1.54, 1.807) is 7.11 Å². The van der Waals surface area contributed by atoms with Crippen LogP contribution in [-0.4, -0.2) is 12.1 Å². The van der Waals surface area contributed by atoms with Crippen molar-refractivity contribution >= 4 is 22.5 Å². The minimum Gasteiger partial charge on any atom is -0.495 e. The van der Waals surface area contributed by atoms with E-state index in [0.717, 1.165) is 27.2 Å². The van der Waals surface area contributed by atoms with Gasteiger partial charge in [0.2, 0.25) is 0 Å². The summed E-state index contributed by atoms with van der Waals surface area (Å²) in [4.78, 5) is 3.14. The summed E-state index contributed by atoms with van der Waals surface area (Å²) in [6.45, 7) is 2.02. The van der Waals surface area contributed by atoms with Crippen LogP contribution < -0.4 is 4.74 Å². The first-order valence-electron chi connectivity index (χ1n) is 4.04. The van der Waals surface area contributed by atoms with Crippen molar-refractivity contribution in [1.29, 1.82) is 0 Å². The highest BCUT2D eigenvalue weighted by atomic mass is 35.5. The van der Waals surface area contributed by atoms with Gasteiger partial charge in [0.05, 0.1) is 17.6 Å². The van der Waals surface area contributed by atoms with Crippen molar-refractivity contribution in [2.24, 2.45) is 0 Å². The van der Waals surface area contributed by atoms with E-state index in [-0.39, 0.29) is 0 Å².